The lowest BCUT2D eigenvalue weighted by molar-refractivity contribution is 0.342. The van der Waals surface area contributed by atoms with Crippen LogP contribution in [0.3, 0.4) is 0 Å². The van der Waals surface area contributed by atoms with Gasteiger partial charge in [0.2, 0.25) is 0 Å². The van der Waals surface area contributed by atoms with Gasteiger partial charge in [0.25, 0.3) is 0 Å². The number of halogens is 1. The molecular formula is C11H14ClO. The lowest BCUT2D eigenvalue weighted by Gasteiger charge is -2.08. The summed E-state index contributed by atoms with van der Waals surface area (Å²) in [6, 6.07) is 8.04. The predicted molar refractivity (Wildman–Crippen MR) is 56.4 cm³/mol. The second-order valence-electron chi connectivity index (χ2n) is 3.07. The maximum atomic E-state index is 5.52. The Morgan fingerprint density at radius 3 is 2.77 bits per heavy atom. The normalized spacial score (nSPS) is 10.5. The van der Waals surface area contributed by atoms with Crippen molar-refractivity contribution in [3.63, 3.8) is 0 Å². The Morgan fingerprint density at radius 1 is 1.38 bits per heavy atom. The van der Waals surface area contributed by atoms with E-state index in [4.69, 9.17) is 16.3 Å². The molecule has 1 rings (SSSR count). The molecule has 0 unspecified atom stereocenters. The Morgan fingerprint density at radius 2 is 2.15 bits per heavy atom. The van der Waals surface area contributed by atoms with Gasteiger partial charge in [-0.2, -0.15) is 0 Å². The van der Waals surface area contributed by atoms with Crippen LogP contribution in [-0.4, -0.2) is 12.5 Å². The standard InChI is InChI=1S/C11H14ClO/c1-9(2)10-4-3-5-11(8-10)13-7-6-12/h3-5,8H,6-7H2,1-2H3. The highest BCUT2D eigenvalue weighted by atomic mass is 35.5. The number of rotatable bonds is 4. The van der Waals surface area contributed by atoms with Crippen LogP contribution in [0.2, 0.25) is 0 Å². The van der Waals surface area contributed by atoms with E-state index in [9.17, 15) is 0 Å². The van der Waals surface area contributed by atoms with Crippen molar-refractivity contribution >= 4 is 11.6 Å². The summed E-state index contributed by atoms with van der Waals surface area (Å²) >= 11 is 5.52. The number of hydrogen-bond donors (Lipinski definition) is 0. The first-order chi connectivity index (χ1) is 6.24. The molecule has 0 saturated carbocycles. The zero-order chi connectivity index (χ0) is 9.68. The van der Waals surface area contributed by atoms with Gasteiger partial charge in [-0.25, -0.2) is 0 Å². The first kappa shape index (κ1) is 10.4. The molecule has 13 heavy (non-hydrogen) atoms. The van der Waals surface area contributed by atoms with Crippen LogP contribution >= 0.6 is 11.6 Å². The summed E-state index contributed by atoms with van der Waals surface area (Å²) in [7, 11) is 0. The van der Waals surface area contributed by atoms with Gasteiger partial charge in [0.05, 0.1) is 5.88 Å². The fraction of sp³-hybridized carbons (Fsp3) is 0.364. The van der Waals surface area contributed by atoms with Crippen LogP contribution in [-0.2, 0) is 0 Å². The Labute approximate surface area is 84.7 Å². The summed E-state index contributed by atoms with van der Waals surface area (Å²) in [6.45, 7) is 4.73. The second-order valence-corrected chi connectivity index (χ2v) is 3.44. The van der Waals surface area contributed by atoms with Crippen LogP contribution in [0.5, 0.6) is 5.75 Å². The third-order valence-electron chi connectivity index (χ3n) is 1.76. The molecule has 0 atom stereocenters. The third kappa shape index (κ3) is 3.27. The summed E-state index contributed by atoms with van der Waals surface area (Å²) in [5, 5.41) is 0. The topological polar surface area (TPSA) is 9.23 Å². The van der Waals surface area contributed by atoms with E-state index in [1.807, 2.05) is 18.2 Å². The van der Waals surface area contributed by atoms with Crippen LogP contribution < -0.4 is 4.74 Å². The highest BCUT2D eigenvalue weighted by molar-refractivity contribution is 6.17. The molecule has 0 amide bonds. The van der Waals surface area contributed by atoms with Crippen molar-refractivity contribution in [2.24, 2.45) is 0 Å². The monoisotopic (exact) mass is 197 g/mol. The summed E-state index contributed by atoms with van der Waals surface area (Å²) in [4.78, 5) is 0. The zero-order valence-electron chi connectivity index (χ0n) is 8.01. The molecule has 1 nitrogen and oxygen atoms in total. The maximum Gasteiger partial charge on any atom is 0.119 e. The van der Waals surface area contributed by atoms with E-state index in [-0.39, 0.29) is 0 Å². The van der Waals surface area contributed by atoms with E-state index in [1.54, 1.807) is 0 Å². The van der Waals surface area contributed by atoms with Gasteiger partial charge in [-0.15, -0.1) is 11.6 Å². The van der Waals surface area contributed by atoms with E-state index in [0.717, 1.165) is 5.75 Å². The molecule has 0 spiro atoms. The minimum atomic E-state index is 0.527. The van der Waals surface area contributed by atoms with Gasteiger partial charge >= 0.3 is 0 Å². The van der Waals surface area contributed by atoms with Gasteiger partial charge in [0.15, 0.2) is 0 Å². The van der Waals surface area contributed by atoms with Crippen molar-refractivity contribution in [3.8, 4) is 5.75 Å². The zero-order valence-corrected chi connectivity index (χ0v) is 8.77. The van der Waals surface area contributed by atoms with Crippen molar-refractivity contribution < 1.29 is 4.74 Å². The predicted octanol–water partition coefficient (Wildman–Crippen LogP) is 3.27. The van der Waals surface area contributed by atoms with Crippen molar-refractivity contribution in [2.45, 2.75) is 13.8 Å². The van der Waals surface area contributed by atoms with Crippen molar-refractivity contribution in [1.82, 2.24) is 0 Å². The minimum absolute atomic E-state index is 0.527. The molecule has 1 aromatic rings. The quantitative estimate of drug-likeness (QED) is 0.674. The smallest absolute Gasteiger partial charge is 0.119 e. The van der Waals surface area contributed by atoms with Gasteiger partial charge in [0, 0.05) is 0 Å². The Hall–Kier alpha value is -0.690. The molecule has 0 bridgehead atoms. The average Bonchev–Trinajstić information content (AvgIpc) is 2.15. The van der Waals surface area contributed by atoms with E-state index in [0.29, 0.717) is 12.5 Å². The Bertz CT molecular complexity index is 258. The minimum Gasteiger partial charge on any atom is -0.492 e. The fourth-order valence-corrected chi connectivity index (χ4v) is 1.13. The highest BCUT2D eigenvalue weighted by Crippen LogP contribution is 2.19. The molecule has 0 heterocycles. The van der Waals surface area contributed by atoms with Crippen LogP contribution in [0.25, 0.3) is 0 Å². The van der Waals surface area contributed by atoms with Gasteiger partial charge < -0.3 is 4.74 Å². The Balaban J connectivity index is 2.68. The van der Waals surface area contributed by atoms with Crippen molar-refractivity contribution in [2.75, 3.05) is 12.5 Å². The molecule has 0 aliphatic heterocycles. The molecular weight excluding hydrogens is 184 g/mol. The molecule has 0 aromatic heterocycles. The summed E-state index contributed by atoms with van der Waals surface area (Å²) in [6.07, 6.45) is 0. The maximum absolute atomic E-state index is 5.52. The third-order valence-corrected chi connectivity index (χ3v) is 1.91. The fourth-order valence-electron chi connectivity index (χ4n) is 1.05. The number of alkyl halides is 1. The first-order valence-corrected chi connectivity index (χ1v) is 4.87. The van der Waals surface area contributed by atoms with Gasteiger partial charge in [-0.05, 0) is 23.6 Å². The summed E-state index contributed by atoms with van der Waals surface area (Å²) in [5.74, 6) is 2.70. The van der Waals surface area contributed by atoms with E-state index >= 15 is 0 Å². The van der Waals surface area contributed by atoms with Crippen LogP contribution in [0.15, 0.2) is 24.3 Å². The first-order valence-electron chi connectivity index (χ1n) is 4.33. The molecule has 1 radical (unpaired) electrons. The SMILES string of the molecule is C[C](C)c1cccc(OCCCl)c1. The molecule has 2 heteroatoms. The van der Waals surface area contributed by atoms with E-state index in [2.05, 4.69) is 19.9 Å². The Kier molecular flexibility index (Phi) is 4.10. The van der Waals surface area contributed by atoms with Crippen LogP contribution in [0.4, 0.5) is 0 Å². The number of benzene rings is 1. The molecule has 0 saturated heterocycles. The molecule has 0 N–H and O–H groups in total. The number of ether oxygens (including phenoxy) is 1. The van der Waals surface area contributed by atoms with E-state index < -0.39 is 0 Å². The van der Waals surface area contributed by atoms with E-state index in [1.165, 1.54) is 11.5 Å². The molecule has 1 aromatic carbocycles. The van der Waals surface area contributed by atoms with Gasteiger partial charge in [0.1, 0.15) is 12.4 Å². The largest absolute Gasteiger partial charge is 0.492 e. The lowest BCUT2D eigenvalue weighted by atomic mass is 10.0. The summed E-state index contributed by atoms with van der Waals surface area (Å²) < 4.78 is 5.40. The van der Waals surface area contributed by atoms with Crippen molar-refractivity contribution in [3.05, 3.63) is 35.7 Å². The van der Waals surface area contributed by atoms with Crippen molar-refractivity contribution in [1.29, 1.82) is 0 Å². The molecule has 0 fully saturated rings. The molecule has 0 aliphatic rings. The van der Waals surface area contributed by atoms with Crippen LogP contribution in [0.1, 0.15) is 19.4 Å². The van der Waals surface area contributed by atoms with Gasteiger partial charge in [-0.1, -0.05) is 26.0 Å². The van der Waals surface area contributed by atoms with Gasteiger partial charge in [-0.3, -0.25) is 0 Å². The second kappa shape index (κ2) is 5.13. The number of hydrogen-bond acceptors (Lipinski definition) is 1. The lowest BCUT2D eigenvalue weighted by Crippen LogP contribution is -1.98. The molecule has 0 aliphatic carbocycles. The average molecular weight is 198 g/mol. The highest BCUT2D eigenvalue weighted by Gasteiger charge is 2.00. The van der Waals surface area contributed by atoms with Crippen LogP contribution in [0, 0.1) is 5.92 Å². The molecule has 71 valence electrons. The summed E-state index contributed by atoms with van der Waals surface area (Å²) in [5.41, 5.74) is 1.21.